The molecule has 94 valence electrons. The monoisotopic (exact) mass is 233 g/mol. The first-order valence-corrected chi connectivity index (χ1v) is 6.65. The summed E-state index contributed by atoms with van der Waals surface area (Å²) in [7, 11) is 0. The van der Waals surface area contributed by atoms with Crippen LogP contribution < -0.4 is 16.4 Å². The zero-order chi connectivity index (χ0) is 11.9. The van der Waals surface area contributed by atoms with Gasteiger partial charge < -0.3 is 16.4 Å². The first-order valence-electron chi connectivity index (χ1n) is 6.65. The molecule has 1 aromatic rings. The van der Waals surface area contributed by atoms with Crippen molar-refractivity contribution in [2.75, 3.05) is 25.0 Å². The molecular formula is C14H23N3. The minimum atomic E-state index is 0.572. The van der Waals surface area contributed by atoms with Gasteiger partial charge in [-0.3, -0.25) is 0 Å². The summed E-state index contributed by atoms with van der Waals surface area (Å²) >= 11 is 0. The van der Waals surface area contributed by atoms with Gasteiger partial charge in [0.05, 0.1) is 0 Å². The van der Waals surface area contributed by atoms with Gasteiger partial charge in [0, 0.05) is 18.3 Å². The van der Waals surface area contributed by atoms with Crippen LogP contribution in [0.4, 0.5) is 5.69 Å². The lowest BCUT2D eigenvalue weighted by atomic mass is 9.98. The van der Waals surface area contributed by atoms with E-state index in [-0.39, 0.29) is 0 Å². The average molecular weight is 233 g/mol. The van der Waals surface area contributed by atoms with Crippen molar-refractivity contribution in [3.8, 4) is 0 Å². The predicted octanol–water partition coefficient (Wildman–Crippen LogP) is 1.74. The fourth-order valence-corrected chi connectivity index (χ4v) is 2.32. The number of rotatable bonds is 6. The SMILES string of the molecule is NCCCCNCC1CCc2ccccc2N1. The molecule has 0 amide bonds. The minimum absolute atomic E-state index is 0.572. The lowest BCUT2D eigenvalue weighted by Crippen LogP contribution is -2.36. The van der Waals surface area contributed by atoms with Crippen LogP contribution >= 0.6 is 0 Å². The summed E-state index contributed by atoms with van der Waals surface area (Å²) in [6.45, 7) is 2.94. The van der Waals surface area contributed by atoms with Crippen molar-refractivity contribution in [1.82, 2.24) is 5.32 Å². The maximum atomic E-state index is 5.47. The number of unbranched alkanes of at least 4 members (excludes halogenated alkanes) is 1. The van der Waals surface area contributed by atoms with E-state index in [9.17, 15) is 0 Å². The molecule has 1 unspecified atom stereocenters. The molecule has 0 saturated carbocycles. The number of hydrogen-bond acceptors (Lipinski definition) is 3. The minimum Gasteiger partial charge on any atom is -0.381 e. The second-order valence-corrected chi connectivity index (χ2v) is 4.74. The van der Waals surface area contributed by atoms with Crippen molar-refractivity contribution < 1.29 is 0 Å². The molecule has 4 N–H and O–H groups in total. The van der Waals surface area contributed by atoms with Crippen LogP contribution in [0, 0.1) is 0 Å². The van der Waals surface area contributed by atoms with Crippen molar-refractivity contribution in [2.24, 2.45) is 5.73 Å². The standard InChI is InChI=1S/C14H23N3/c15-9-3-4-10-16-11-13-8-7-12-5-1-2-6-14(12)17-13/h1-2,5-6,13,16-17H,3-4,7-11,15H2. The van der Waals surface area contributed by atoms with Crippen LogP contribution in [-0.2, 0) is 6.42 Å². The van der Waals surface area contributed by atoms with E-state index < -0.39 is 0 Å². The molecule has 3 heteroatoms. The number of hydrogen-bond donors (Lipinski definition) is 3. The van der Waals surface area contributed by atoms with E-state index in [4.69, 9.17) is 5.73 Å². The van der Waals surface area contributed by atoms with Gasteiger partial charge in [-0.05, 0) is 50.4 Å². The molecule has 1 atom stereocenters. The number of fused-ring (bicyclic) bond motifs is 1. The van der Waals surface area contributed by atoms with Gasteiger partial charge in [0.2, 0.25) is 0 Å². The Morgan fingerprint density at radius 1 is 1.29 bits per heavy atom. The Bertz CT molecular complexity index is 338. The van der Waals surface area contributed by atoms with Gasteiger partial charge in [-0.15, -0.1) is 0 Å². The lowest BCUT2D eigenvalue weighted by Gasteiger charge is -2.27. The van der Waals surface area contributed by atoms with Crippen molar-refractivity contribution >= 4 is 5.69 Å². The molecule has 1 aliphatic heterocycles. The van der Waals surface area contributed by atoms with Gasteiger partial charge in [-0.2, -0.15) is 0 Å². The van der Waals surface area contributed by atoms with E-state index in [0.29, 0.717) is 6.04 Å². The zero-order valence-corrected chi connectivity index (χ0v) is 10.4. The summed E-state index contributed by atoms with van der Waals surface area (Å²) in [6.07, 6.45) is 4.72. The van der Waals surface area contributed by atoms with E-state index in [1.807, 2.05) is 0 Å². The Morgan fingerprint density at radius 3 is 3.06 bits per heavy atom. The van der Waals surface area contributed by atoms with E-state index in [1.54, 1.807) is 0 Å². The Labute approximate surface area is 104 Å². The number of benzene rings is 1. The molecule has 1 aromatic carbocycles. The summed E-state index contributed by atoms with van der Waals surface area (Å²) in [5, 5.41) is 7.10. The second kappa shape index (κ2) is 6.62. The van der Waals surface area contributed by atoms with E-state index in [1.165, 1.54) is 30.5 Å². The van der Waals surface area contributed by atoms with Crippen LogP contribution in [-0.4, -0.2) is 25.7 Å². The van der Waals surface area contributed by atoms with Crippen molar-refractivity contribution in [1.29, 1.82) is 0 Å². The van der Waals surface area contributed by atoms with E-state index >= 15 is 0 Å². The maximum absolute atomic E-state index is 5.47. The van der Waals surface area contributed by atoms with Crippen molar-refractivity contribution in [2.45, 2.75) is 31.7 Å². The molecule has 0 aromatic heterocycles. The quantitative estimate of drug-likeness (QED) is 0.656. The molecule has 0 aliphatic carbocycles. The van der Waals surface area contributed by atoms with Gasteiger partial charge in [-0.25, -0.2) is 0 Å². The van der Waals surface area contributed by atoms with E-state index in [2.05, 4.69) is 34.9 Å². The Kier molecular flexibility index (Phi) is 4.83. The Hall–Kier alpha value is -1.06. The maximum Gasteiger partial charge on any atom is 0.0389 e. The molecular weight excluding hydrogens is 210 g/mol. The fourth-order valence-electron chi connectivity index (χ4n) is 2.32. The second-order valence-electron chi connectivity index (χ2n) is 4.74. The summed E-state index contributed by atoms with van der Waals surface area (Å²) in [4.78, 5) is 0. The first-order chi connectivity index (χ1) is 8.40. The molecule has 0 bridgehead atoms. The molecule has 0 spiro atoms. The summed E-state index contributed by atoms with van der Waals surface area (Å²) in [5.74, 6) is 0. The third-order valence-corrected chi connectivity index (χ3v) is 3.34. The highest BCUT2D eigenvalue weighted by Gasteiger charge is 2.16. The van der Waals surface area contributed by atoms with Crippen LogP contribution in [0.25, 0.3) is 0 Å². The van der Waals surface area contributed by atoms with Crippen LogP contribution in [0.3, 0.4) is 0 Å². The largest absolute Gasteiger partial charge is 0.381 e. The van der Waals surface area contributed by atoms with Crippen LogP contribution in [0.2, 0.25) is 0 Å². The molecule has 1 heterocycles. The molecule has 0 saturated heterocycles. The van der Waals surface area contributed by atoms with Crippen molar-refractivity contribution in [3.05, 3.63) is 29.8 Å². The number of aryl methyl sites for hydroxylation is 1. The van der Waals surface area contributed by atoms with Crippen LogP contribution in [0.5, 0.6) is 0 Å². The lowest BCUT2D eigenvalue weighted by molar-refractivity contribution is 0.545. The molecule has 1 aliphatic rings. The summed E-state index contributed by atoms with van der Waals surface area (Å²) in [5.41, 5.74) is 8.23. The molecule has 2 rings (SSSR count). The molecule has 0 fully saturated rings. The van der Waals surface area contributed by atoms with Crippen molar-refractivity contribution in [3.63, 3.8) is 0 Å². The van der Waals surface area contributed by atoms with Gasteiger partial charge in [0.15, 0.2) is 0 Å². The fraction of sp³-hybridized carbons (Fsp3) is 0.571. The number of para-hydroxylation sites is 1. The van der Waals surface area contributed by atoms with Crippen LogP contribution in [0.15, 0.2) is 24.3 Å². The molecule has 17 heavy (non-hydrogen) atoms. The Balaban J connectivity index is 1.71. The first kappa shape index (κ1) is 12.4. The van der Waals surface area contributed by atoms with Gasteiger partial charge in [0.25, 0.3) is 0 Å². The highest BCUT2D eigenvalue weighted by Crippen LogP contribution is 2.23. The van der Waals surface area contributed by atoms with Gasteiger partial charge in [0.1, 0.15) is 0 Å². The van der Waals surface area contributed by atoms with Gasteiger partial charge in [-0.1, -0.05) is 18.2 Å². The third kappa shape index (κ3) is 3.72. The number of anilines is 1. The number of nitrogens with two attached hydrogens (primary N) is 1. The van der Waals surface area contributed by atoms with Crippen LogP contribution in [0.1, 0.15) is 24.8 Å². The smallest absolute Gasteiger partial charge is 0.0389 e. The summed E-state index contributed by atoms with van der Waals surface area (Å²) < 4.78 is 0. The third-order valence-electron chi connectivity index (χ3n) is 3.34. The molecule has 3 nitrogen and oxygen atoms in total. The summed E-state index contributed by atoms with van der Waals surface area (Å²) in [6, 6.07) is 9.18. The predicted molar refractivity (Wildman–Crippen MR) is 73.3 cm³/mol. The van der Waals surface area contributed by atoms with Gasteiger partial charge >= 0.3 is 0 Å². The topological polar surface area (TPSA) is 50.1 Å². The highest BCUT2D eigenvalue weighted by atomic mass is 15.0. The highest BCUT2D eigenvalue weighted by molar-refractivity contribution is 5.53. The molecule has 0 radical (unpaired) electrons. The van der Waals surface area contributed by atoms with E-state index in [0.717, 1.165) is 26.1 Å². The zero-order valence-electron chi connectivity index (χ0n) is 10.4. The average Bonchev–Trinajstić information content (AvgIpc) is 2.38. The number of nitrogens with one attached hydrogen (secondary N) is 2. The normalized spacial score (nSPS) is 18.5. The Morgan fingerprint density at radius 2 is 2.18 bits per heavy atom.